The molecular formula is C22H26N6OS. The monoisotopic (exact) mass is 422 g/mol. The summed E-state index contributed by atoms with van der Waals surface area (Å²) in [5.74, 6) is 1.32. The molecule has 1 aliphatic heterocycles. The summed E-state index contributed by atoms with van der Waals surface area (Å²) in [6.45, 7) is 3.46. The average Bonchev–Trinajstić information content (AvgIpc) is 3.25. The molecule has 0 unspecified atom stereocenters. The molecule has 156 valence electrons. The molecule has 0 aliphatic carbocycles. The number of piperidine rings is 1. The highest BCUT2D eigenvalue weighted by Gasteiger charge is 2.14. The standard InChI is InChI=1S/C22H26N6OS/c29-21(26-13-16-7-10-23-11-8-16)17-4-3-5-18(12-17)25-14-19-15-27-22(30-19)28-20-6-1-2-9-24-20/h1-6,9,12,15-16,23,25H,7-8,10-11,13-14H2,(H,26,29)(H,24,27,28). The number of nitrogens with zero attached hydrogens (tertiary/aromatic N) is 2. The predicted octanol–water partition coefficient (Wildman–Crippen LogP) is 3.62. The molecule has 3 heterocycles. The van der Waals surface area contributed by atoms with E-state index in [0.717, 1.165) is 54.0 Å². The van der Waals surface area contributed by atoms with Gasteiger partial charge in [-0.25, -0.2) is 9.97 Å². The quantitative estimate of drug-likeness (QED) is 0.443. The lowest BCUT2D eigenvalue weighted by atomic mass is 9.98. The van der Waals surface area contributed by atoms with Gasteiger partial charge < -0.3 is 21.3 Å². The van der Waals surface area contributed by atoms with Crippen molar-refractivity contribution in [1.29, 1.82) is 0 Å². The van der Waals surface area contributed by atoms with Crippen LogP contribution in [0.25, 0.3) is 0 Å². The zero-order valence-electron chi connectivity index (χ0n) is 16.7. The molecule has 1 amide bonds. The minimum atomic E-state index is -0.0168. The van der Waals surface area contributed by atoms with Crippen LogP contribution in [0.4, 0.5) is 16.6 Å². The van der Waals surface area contributed by atoms with Crippen LogP contribution in [0.3, 0.4) is 0 Å². The van der Waals surface area contributed by atoms with Crippen molar-refractivity contribution in [3.8, 4) is 0 Å². The molecule has 3 aromatic rings. The van der Waals surface area contributed by atoms with Crippen LogP contribution in [0, 0.1) is 5.92 Å². The first kappa shape index (κ1) is 20.3. The van der Waals surface area contributed by atoms with Crippen LogP contribution >= 0.6 is 11.3 Å². The first-order valence-electron chi connectivity index (χ1n) is 10.2. The first-order valence-corrected chi connectivity index (χ1v) is 11.0. The summed E-state index contributed by atoms with van der Waals surface area (Å²) in [6, 6.07) is 13.3. The summed E-state index contributed by atoms with van der Waals surface area (Å²) < 4.78 is 0. The second kappa shape index (κ2) is 10.2. The van der Waals surface area contributed by atoms with Gasteiger partial charge in [-0.1, -0.05) is 23.5 Å². The fourth-order valence-corrected chi connectivity index (χ4v) is 4.14. The number of amides is 1. The highest BCUT2D eigenvalue weighted by molar-refractivity contribution is 7.15. The van der Waals surface area contributed by atoms with E-state index in [1.54, 1.807) is 17.5 Å². The van der Waals surface area contributed by atoms with Crippen LogP contribution in [0.15, 0.2) is 54.9 Å². The van der Waals surface area contributed by atoms with Gasteiger partial charge in [-0.15, -0.1) is 0 Å². The van der Waals surface area contributed by atoms with Gasteiger partial charge >= 0.3 is 0 Å². The highest BCUT2D eigenvalue weighted by atomic mass is 32.1. The molecule has 0 spiro atoms. The van der Waals surface area contributed by atoms with Crippen molar-refractivity contribution in [2.24, 2.45) is 5.92 Å². The molecule has 1 aromatic carbocycles. The molecule has 4 rings (SSSR count). The topological polar surface area (TPSA) is 91.0 Å². The first-order chi connectivity index (χ1) is 14.8. The number of carbonyl (C=O) groups is 1. The molecular weight excluding hydrogens is 396 g/mol. The maximum Gasteiger partial charge on any atom is 0.251 e. The van der Waals surface area contributed by atoms with Gasteiger partial charge in [-0.3, -0.25) is 4.79 Å². The third-order valence-corrected chi connectivity index (χ3v) is 5.97. The van der Waals surface area contributed by atoms with Gasteiger partial charge in [0.05, 0.1) is 6.54 Å². The Morgan fingerprint density at radius 1 is 1.13 bits per heavy atom. The third kappa shape index (κ3) is 5.77. The SMILES string of the molecule is O=C(NCC1CCNCC1)c1cccc(NCc2cnc(Nc3ccccn3)s2)c1. The largest absolute Gasteiger partial charge is 0.380 e. The smallest absolute Gasteiger partial charge is 0.251 e. The number of thiazole rings is 1. The Bertz CT molecular complexity index is 955. The van der Waals surface area contributed by atoms with E-state index < -0.39 is 0 Å². The maximum absolute atomic E-state index is 12.5. The number of aromatic nitrogens is 2. The number of pyridine rings is 1. The van der Waals surface area contributed by atoms with Crippen molar-refractivity contribution >= 4 is 33.9 Å². The lowest BCUT2D eigenvalue weighted by Gasteiger charge is -2.22. The van der Waals surface area contributed by atoms with Crippen LogP contribution in [0.1, 0.15) is 28.1 Å². The van der Waals surface area contributed by atoms with E-state index in [1.165, 1.54) is 0 Å². The van der Waals surface area contributed by atoms with Crippen molar-refractivity contribution in [2.75, 3.05) is 30.3 Å². The molecule has 0 bridgehead atoms. The van der Waals surface area contributed by atoms with Crippen molar-refractivity contribution < 1.29 is 4.79 Å². The summed E-state index contributed by atoms with van der Waals surface area (Å²) >= 11 is 1.57. The maximum atomic E-state index is 12.5. The summed E-state index contributed by atoms with van der Waals surface area (Å²) in [6.07, 6.45) is 5.83. The fraction of sp³-hybridized carbons (Fsp3) is 0.318. The third-order valence-electron chi connectivity index (χ3n) is 5.05. The zero-order chi connectivity index (χ0) is 20.6. The van der Waals surface area contributed by atoms with Crippen LogP contribution in [0.2, 0.25) is 0 Å². The van der Waals surface area contributed by atoms with Crippen molar-refractivity contribution in [1.82, 2.24) is 20.6 Å². The summed E-state index contributed by atoms with van der Waals surface area (Å²) in [5.41, 5.74) is 1.59. The van der Waals surface area contributed by atoms with Crippen molar-refractivity contribution in [2.45, 2.75) is 19.4 Å². The molecule has 0 saturated carbocycles. The van der Waals surface area contributed by atoms with Gasteiger partial charge in [0.2, 0.25) is 0 Å². The van der Waals surface area contributed by atoms with E-state index in [1.807, 2.05) is 48.7 Å². The molecule has 7 nitrogen and oxygen atoms in total. The Labute approximate surface area is 180 Å². The minimum Gasteiger partial charge on any atom is -0.380 e. The van der Waals surface area contributed by atoms with E-state index >= 15 is 0 Å². The van der Waals surface area contributed by atoms with Gasteiger partial charge in [0.15, 0.2) is 5.13 Å². The van der Waals surface area contributed by atoms with Crippen LogP contribution < -0.4 is 21.3 Å². The Kier molecular flexibility index (Phi) is 6.89. The van der Waals surface area contributed by atoms with Crippen LogP contribution in [0.5, 0.6) is 0 Å². The lowest BCUT2D eigenvalue weighted by molar-refractivity contribution is 0.0944. The van der Waals surface area contributed by atoms with Gasteiger partial charge in [0.25, 0.3) is 5.91 Å². The molecule has 8 heteroatoms. The highest BCUT2D eigenvalue weighted by Crippen LogP contribution is 2.22. The Balaban J connectivity index is 1.28. The van der Waals surface area contributed by atoms with Gasteiger partial charge in [0.1, 0.15) is 5.82 Å². The van der Waals surface area contributed by atoms with E-state index in [9.17, 15) is 4.79 Å². The lowest BCUT2D eigenvalue weighted by Crippen LogP contribution is -2.35. The fourth-order valence-electron chi connectivity index (χ4n) is 3.38. The molecule has 2 aromatic heterocycles. The minimum absolute atomic E-state index is 0.0168. The van der Waals surface area contributed by atoms with Crippen LogP contribution in [-0.2, 0) is 6.54 Å². The van der Waals surface area contributed by atoms with Gasteiger partial charge in [0, 0.05) is 35.1 Å². The number of rotatable bonds is 8. The Morgan fingerprint density at radius 3 is 2.87 bits per heavy atom. The van der Waals surface area contributed by atoms with E-state index in [0.29, 0.717) is 18.0 Å². The van der Waals surface area contributed by atoms with Gasteiger partial charge in [-0.05, 0) is 62.2 Å². The predicted molar refractivity (Wildman–Crippen MR) is 121 cm³/mol. The summed E-state index contributed by atoms with van der Waals surface area (Å²) in [7, 11) is 0. The Morgan fingerprint density at radius 2 is 2.03 bits per heavy atom. The molecule has 1 fully saturated rings. The number of nitrogens with one attached hydrogen (secondary N) is 4. The second-order valence-corrected chi connectivity index (χ2v) is 8.42. The molecule has 4 N–H and O–H groups in total. The number of benzene rings is 1. The Hall–Kier alpha value is -2.97. The normalized spacial score (nSPS) is 14.3. The zero-order valence-corrected chi connectivity index (χ0v) is 17.5. The molecule has 30 heavy (non-hydrogen) atoms. The number of carbonyl (C=O) groups excluding carboxylic acids is 1. The number of hydrogen-bond donors (Lipinski definition) is 4. The van der Waals surface area contributed by atoms with Crippen LogP contribution in [-0.4, -0.2) is 35.5 Å². The van der Waals surface area contributed by atoms with E-state index in [2.05, 4.69) is 31.2 Å². The van der Waals surface area contributed by atoms with Gasteiger partial charge in [-0.2, -0.15) is 0 Å². The molecule has 1 saturated heterocycles. The average molecular weight is 423 g/mol. The van der Waals surface area contributed by atoms with E-state index in [-0.39, 0.29) is 5.91 Å². The second-order valence-electron chi connectivity index (χ2n) is 7.31. The molecule has 1 aliphatic rings. The summed E-state index contributed by atoms with van der Waals surface area (Å²) in [5, 5.41) is 13.8. The molecule has 0 radical (unpaired) electrons. The summed E-state index contributed by atoms with van der Waals surface area (Å²) in [4.78, 5) is 22.2. The number of anilines is 3. The van der Waals surface area contributed by atoms with Crippen molar-refractivity contribution in [3.05, 3.63) is 65.3 Å². The number of hydrogen-bond acceptors (Lipinski definition) is 7. The van der Waals surface area contributed by atoms with E-state index in [4.69, 9.17) is 0 Å². The molecule has 0 atom stereocenters. The van der Waals surface area contributed by atoms with Crippen molar-refractivity contribution in [3.63, 3.8) is 0 Å².